The predicted molar refractivity (Wildman–Crippen MR) is 80.4 cm³/mol. The van der Waals surface area contributed by atoms with E-state index in [0.29, 0.717) is 0 Å². The van der Waals surface area contributed by atoms with Gasteiger partial charge in [-0.3, -0.25) is 4.79 Å². The molecule has 0 fully saturated rings. The number of hydrogen-bond acceptors (Lipinski definition) is 4. The van der Waals surface area contributed by atoms with Gasteiger partial charge in [-0.25, -0.2) is 0 Å². The van der Waals surface area contributed by atoms with Crippen LogP contribution < -0.4 is 5.73 Å². The zero-order valence-electron chi connectivity index (χ0n) is 11.7. The van der Waals surface area contributed by atoms with Crippen molar-refractivity contribution in [2.45, 2.75) is 32.0 Å². The summed E-state index contributed by atoms with van der Waals surface area (Å²) in [5.74, 6) is 0.705. The fraction of sp³-hybridized carbons (Fsp3) is 0.357. The van der Waals surface area contributed by atoms with Crippen molar-refractivity contribution >= 4 is 17.7 Å². The van der Waals surface area contributed by atoms with Crippen molar-refractivity contribution < 1.29 is 4.79 Å². The van der Waals surface area contributed by atoms with E-state index >= 15 is 0 Å². The largest absolute Gasteiger partial charge is 0.369 e. The van der Waals surface area contributed by atoms with Gasteiger partial charge in [-0.1, -0.05) is 42.4 Å². The van der Waals surface area contributed by atoms with Crippen molar-refractivity contribution in [2.75, 3.05) is 5.75 Å². The van der Waals surface area contributed by atoms with E-state index in [0.717, 1.165) is 29.5 Å². The maximum absolute atomic E-state index is 10.9. The average Bonchev–Trinajstić information content (AvgIpc) is 2.80. The summed E-state index contributed by atoms with van der Waals surface area (Å²) in [7, 11) is 0. The SMILES string of the molecule is CCCn1c(SCC(N)=O)nnc1-c1cccc(C)c1. The molecule has 2 N–H and O–H groups in total. The summed E-state index contributed by atoms with van der Waals surface area (Å²) in [4.78, 5) is 10.9. The number of amides is 1. The Morgan fingerprint density at radius 1 is 1.40 bits per heavy atom. The van der Waals surface area contributed by atoms with Crippen LogP contribution in [0.3, 0.4) is 0 Å². The van der Waals surface area contributed by atoms with Crippen LogP contribution >= 0.6 is 11.8 Å². The molecule has 0 aliphatic rings. The lowest BCUT2D eigenvalue weighted by molar-refractivity contribution is -0.115. The Kier molecular flexibility index (Phi) is 4.79. The molecule has 1 aromatic heterocycles. The predicted octanol–water partition coefficient (Wildman–Crippen LogP) is 2.24. The Bertz CT molecular complexity index is 609. The molecule has 6 heteroatoms. The Hall–Kier alpha value is -1.82. The molecule has 1 amide bonds. The normalized spacial score (nSPS) is 10.7. The number of rotatable bonds is 6. The molecule has 2 aromatic rings. The van der Waals surface area contributed by atoms with Crippen LogP contribution in [0.2, 0.25) is 0 Å². The van der Waals surface area contributed by atoms with Gasteiger partial charge in [0, 0.05) is 12.1 Å². The molecular formula is C14H18N4OS. The van der Waals surface area contributed by atoms with E-state index in [-0.39, 0.29) is 11.7 Å². The molecule has 2 rings (SSSR count). The number of hydrogen-bond donors (Lipinski definition) is 1. The van der Waals surface area contributed by atoms with Gasteiger partial charge < -0.3 is 10.3 Å². The summed E-state index contributed by atoms with van der Waals surface area (Å²) in [6.07, 6.45) is 0.973. The highest BCUT2D eigenvalue weighted by Crippen LogP contribution is 2.24. The van der Waals surface area contributed by atoms with Crippen molar-refractivity contribution in [1.82, 2.24) is 14.8 Å². The molecule has 0 atom stereocenters. The first-order valence-corrected chi connectivity index (χ1v) is 7.51. The van der Waals surface area contributed by atoms with E-state index in [4.69, 9.17) is 5.73 Å². The fourth-order valence-corrected chi connectivity index (χ4v) is 2.66. The van der Waals surface area contributed by atoms with Crippen molar-refractivity contribution in [1.29, 1.82) is 0 Å². The molecule has 1 heterocycles. The van der Waals surface area contributed by atoms with Gasteiger partial charge in [0.2, 0.25) is 5.91 Å². The minimum Gasteiger partial charge on any atom is -0.369 e. The first-order valence-electron chi connectivity index (χ1n) is 6.53. The molecule has 0 unspecified atom stereocenters. The van der Waals surface area contributed by atoms with Crippen molar-refractivity contribution in [3.63, 3.8) is 0 Å². The van der Waals surface area contributed by atoms with Crippen LogP contribution in [-0.4, -0.2) is 26.4 Å². The van der Waals surface area contributed by atoms with Gasteiger partial charge in [-0.2, -0.15) is 0 Å². The van der Waals surface area contributed by atoms with Gasteiger partial charge in [0.15, 0.2) is 11.0 Å². The summed E-state index contributed by atoms with van der Waals surface area (Å²) in [5.41, 5.74) is 7.40. The molecule has 0 spiro atoms. The zero-order chi connectivity index (χ0) is 14.5. The second-order valence-electron chi connectivity index (χ2n) is 4.58. The molecule has 0 aliphatic heterocycles. The lowest BCUT2D eigenvalue weighted by atomic mass is 10.1. The van der Waals surface area contributed by atoms with Crippen molar-refractivity contribution in [2.24, 2.45) is 5.73 Å². The summed E-state index contributed by atoms with van der Waals surface area (Å²) in [6.45, 7) is 4.96. The van der Waals surface area contributed by atoms with Crippen LogP contribution in [0.25, 0.3) is 11.4 Å². The minimum absolute atomic E-state index is 0.218. The molecule has 20 heavy (non-hydrogen) atoms. The standard InChI is InChI=1S/C14H18N4OS/c1-3-7-18-13(11-6-4-5-10(2)8-11)16-17-14(18)20-9-12(15)19/h4-6,8H,3,7,9H2,1-2H3,(H2,15,19). The third-order valence-electron chi connectivity index (χ3n) is 2.78. The van der Waals surface area contributed by atoms with E-state index in [1.807, 2.05) is 29.7 Å². The molecule has 0 saturated heterocycles. The Morgan fingerprint density at radius 2 is 2.20 bits per heavy atom. The summed E-state index contributed by atoms with van der Waals surface area (Å²) >= 11 is 1.33. The van der Waals surface area contributed by atoms with Crippen LogP contribution in [0.5, 0.6) is 0 Å². The number of thioether (sulfide) groups is 1. The number of aromatic nitrogens is 3. The second-order valence-corrected chi connectivity index (χ2v) is 5.52. The van der Waals surface area contributed by atoms with Gasteiger partial charge in [0.25, 0.3) is 0 Å². The number of carbonyl (C=O) groups excluding carboxylic acids is 1. The Morgan fingerprint density at radius 3 is 2.85 bits per heavy atom. The van der Waals surface area contributed by atoms with Crippen molar-refractivity contribution in [3.05, 3.63) is 29.8 Å². The molecule has 0 bridgehead atoms. The topological polar surface area (TPSA) is 73.8 Å². The summed E-state index contributed by atoms with van der Waals surface area (Å²) in [6, 6.07) is 8.16. The van der Waals surface area contributed by atoms with Crippen LogP contribution in [-0.2, 0) is 11.3 Å². The molecule has 0 radical (unpaired) electrons. The molecular weight excluding hydrogens is 272 g/mol. The number of nitrogens with zero attached hydrogens (tertiary/aromatic N) is 3. The maximum Gasteiger partial charge on any atom is 0.227 e. The smallest absolute Gasteiger partial charge is 0.227 e. The second kappa shape index (κ2) is 6.56. The molecule has 0 saturated carbocycles. The summed E-state index contributed by atoms with van der Waals surface area (Å²) in [5, 5.41) is 9.18. The first kappa shape index (κ1) is 14.6. The van der Waals surface area contributed by atoms with Crippen LogP contribution in [0.1, 0.15) is 18.9 Å². The number of primary amides is 1. The number of carbonyl (C=O) groups is 1. The lowest BCUT2D eigenvalue weighted by Crippen LogP contribution is -2.14. The van der Waals surface area contributed by atoms with Crippen LogP contribution in [0.4, 0.5) is 0 Å². The monoisotopic (exact) mass is 290 g/mol. The number of benzene rings is 1. The molecule has 106 valence electrons. The minimum atomic E-state index is -0.349. The lowest BCUT2D eigenvalue weighted by Gasteiger charge is -2.08. The fourth-order valence-electron chi connectivity index (χ4n) is 1.95. The highest BCUT2D eigenvalue weighted by Gasteiger charge is 2.14. The highest BCUT2D eigenvalue weighted by atomic mass is 32.2. The third kappa shape index (κ3) is 3.39. The highest BCUT2D eigenvalue weighted by molar-refractivity contribution is 7.99. The summed E-state index contributed by atoms with van der Waals surface area (Å²) < 4.78 is 2.04. The molecule has 1 aromatic carbocycles. The average molecular weight is 290 g/mol. The van der Waals surface area contributed by atoms with E-state index in [9.17, 15) is 4.79 Å². The van der Waals surface area contributed by atoms with E-state index in [1.165, 1.54) is 17.3 Å². The molecule has 0 aliphatic carbocycles. The maximum atomic E-state index is 10.9. The van der Waals surface area contributed by atoms with Gasteiger partial charge in [-0.05, 0) is 19.4 Å². The quantitative estimate of drug-likeness (QED) is 0.828. The number of nitrogens with two attached hydrogens (primary N) is 1. The van der Waals surface area contributed by atoms with Gasteiger partial charge >= 0.3 is 0 Å². The zero-order valence-corrected chi connectivity index (χ0v) is 12.5. The number of aryl methyl sites for hydroxylation is 1. The van der Waals surface area contributed by atoms with Gasteiger partial charge in [0.1, 0.15) is 0 Å². The van der Waals surface area contributed by atoms with Gasteiger partial charge in [0.05, 0.1) is 5.75 Å². The van der Waals surface area contributed by atoms with Gasteiger partial charge in [-0.15, -0.1) is 10.2 Å². The first-order chi connectivity index (χ1) is 9.61. The molecule has 5 nitrogen and oxygen atoms in total. The van der Waals surface area contributed by atoms with Crippen molar-refractivity contribution in [3.8, 4) is 11.4 Å². The Labute approximate surface area is 122 Å². The van der Waals surface area contributed by atoms with Crippen LogP contribution in [0, 0.1) is 6.92 Å². The Balaban J connectivity index is 2.35. The van der Waals surface area contributed by atoms with Crippen LogP contribution in [0.15, 0.2) is 29.4 Å². The van der Waals surface area contributed by atoms with E-state index in [2.05, 4.69) is 23.2 Å². The third-order valence-corrected chi connectivity index (χ3v) is 3.77. The van der Waals surface area contributed by atoms with E-state index in [1.54, 1.807) is 0 Å². The van der Waals surface area contributed by atoms with E-state index < -0.39 is 0 Å².